The Balaban J connectivity index is 1.66. The van der Waals surface area contributed by atoms with E-state index in [2.05, 4.69) is 15.4 Å². The van der Waals surface area contributed by atoms with E-state index in [0.717, 1.165) is 11.0 Å². The van der Waals surface area contributed by atoms with Gasteiger partial charge in [0.25, 0.3) is 5.91 Å². The lowest BCUT2D eigenvalue weighted by molar-refractivity contribution is -0.116. The van der Waals surface area contributed by atoms with Crippen LogP contribution >= 0.6 is 0 Å². The van der Waals surface area contributed by atoms with E-state index < -0.39 is 0 Å². The Morgan fingerprint density at radius 2 is 1.93 bits per heavy atom. The number of pyridine rings is 1. The molecule has 2 aromatic heterocycles. The van der Waals surface area contributed by atoms with Crippen LogP contribution in [0, 0.1) is 0 Å². The summed E-state index contributed by atoms with van der Waals surface area (Å²) in [6, 6.07) is 8.90. The number of likely N-dealkylation sites (N-methyl/N-ethyl adjacent to an activating group) is 1. The summed E-state index contributed by atoms with van der Waals surface area (Å²) in [4.78, 5) is 30.6. The van der Waals surface area contributed by atoms with E-state index in [1.807, 2.05) is 13.8 Å². The van der Waals surface area contributed by atoms with Gasteiger partial charge in [0.1, 0.15) is 5.75 Å². The molecule has 3 rings (SSSR count). The average molecular weight is 381 g/mol. The standard InChI is InChI=1S/C20H23N5O3/c1-13(2)25-19-14(11-22-25)9-15(10-21-19)20(27)24(3)12-18(26)23-16-5-7-17(28-4)8-6-16/h5-11,13H,12H2,1-4H3,(H,23,26). The first-order valence-electron chi connectivity index (χ1n) is 8.91. The molecule has 0 saturated carbocycles. The molecule has 0 radical (unpaired) electrons. The highest BCUT2D eigenvalue weighted by atomic mass is 16.5. The van der Waals surface area contributed by atoms with E-state index >= 15 is 0 Å². The van der Waals surface area contributed by atoms with E-state index in [4.69, 9.17) is 4.74 Å². The van der Waals surface area contributed by atoms with Gasteiger partial charge in [-0.25, -0.2) is 9.67 Å². The van der Waals surface area contributed by atoms with Crippen LogP contribution in [0.15, 0.2) is 42.7 Å². The zero-order valence-electron chi connectivity index (χ0n) is 16.3. The quantitative estimate of drug-likeness (QED) is 0.709. The van der Waals surface area contributed by atoms with Gasteiger partial charge in [0.2, 0.25) is 5.91 Å². The summed E-state index contributed by atoms with van der Waals surface area (Å²) in [5, 5.41) is 7.85. The van der Waals surface area contributed by atoms with Crippen molar-refractivity contribution in [1.29, 1.82) is 0 Å². The van der Waals surface area contributed by atoms with Gasteiger partial charge in [0.15, 0.2) is 5.65 Å². The molecular weight excluding hydrogens is 358 g/mol. The Morgan fingerprint density at radius 3 is 2.57 bits per heavy atom. The van der Waals surface area contributed by atoms with E-state index in [-0.39, 0.29) is 24.4 Å². The Bertz CT molecular complexity index is 995. The van der Waals surface area contributed by atoms with Gasteiger partial charge in [0.05, 0.1) is 25.4 Å². The summed E-state index contributed by atoms with van der Waals surface area (Å²) >= 11 is 0. The number of fused-ring (bicyclic) bond motifs is 1. The smallest absolute Gasteiger partial charge is 0.255 e. The predicted molar refractivity (Wildman–Crippen MR) is 106 cm³/mol. The van der Waals surface area contributed by atoms with Crippen LogP contribution in [0.4, 0.5) is 5.69 Å². The number of anilines is 1. The number of carbonyl (C=O) groups is 2. The first kappa shape index (κ1) is 19.3. The Hall–Kier alpha value is -3.42. The van der Waals surface area contributed by atoms with Crippen molar-refractivity contribution in [3.8, 4) is 5.75 Å². The molecule has 146 valence electrons. The van der Waals surface area contributed by atoms with Crippen LogP contribution in [-0.4, -0.2) is 52.2 Å². The van der Waals surface area contributed by atoms with E-state index in [1.165, 1.54) is 11.1 Å². The lowest BCUT2D eigenvalue weighted by atomic mass is 10.2. The number of nitrogens with zero attached hydrogens (tertiary/aromatic N) is 4. The zero-order chi connectivity index (χ0) is 20.3. The number of nitrogens with one attached hydrogen (secondary N) is 1. The fourth-order valence-corrected chi connectivity index (χ4v) is 2.82. The number of aromatic nitrogens is 3. The van der Waals surface area contributed by atoms with Gasteiger partial charge >= 0.3 is 0 Å². The molecular formula is C20H23N5O3. The summed E-state index contributed by atoms with van der Waals surface area (Å²) in [5.41, 5.74) is 1.78. The van der Waals surface area contributed by atoms with Crippen LogP contribution in [0.1, 0.15) is 30.2 Å². The van der Waals surface area contributed by atoms with Crippen molar-refractivity contribution in [1.82, 2.24) is 19.7 Å². The number of carbonyl (C=O) groups excluding carboxylic acids is 2. The largest absolute Gasteiger partial charge is 0.497 e. The Morgan fingerprint density at radius 1 is 1.21 bits per heavy atom. The second-order valence-corrected chi connectivity index (χ2v) is 6.76. The van der Waals surface area contributed by atoms with Gasteiger partial charge in [-0.3, -0.25) is 9.59 Å². The van der Waals surface area contributed by atoms with Gasteiger partial charge in [-0.1, -0.05) is 0 Å². The molecule has 0 atom stereocenters. The van der Waals surface area contributed by atoms with E-state index in [0.29, 0.717) is 17.0 Å². The average Bonchev–Trinajstić information content (AvgIpc) is 3.11. The fraction of sp³-hybridized carbons (Fsp3) is 0.300. The van der Waals surface area contributed by atoms with Crippen LogP contribution < -0.4 is 10.1 Å². The molecule has 28 heavy (non-hydrogen) atoms. The van der Waals surface area contributed by atoms with Crippen LogP contribution in [0.2, 0.25) is 0 Å². The molecule has 0 aliphatic carbocycles. The molecule has 2 amide bonds. The minimum absolute atomic E-state index is 0.0752. The van der Waals surface area contributed by atoms with Gasteiger partial charge < -0.3 is 15.0 Å². The van der Waals surface area contributed by atoms with Crippen molar-refractivity contribution in [2.75, 3.05) is 26.0 Å². The summed E-state index contributed by atoms with van der Waals surface area (Å²) in [6.45, 7) is 3.96. The van der Waals surface area contributed by atoms with Gasteiger partial charge in [-0.15, -0.1) is 0 Å². The third-order valence-electron chi connectivity index (χ3n) is 4.27. The van der Waals surface area contributed by atoms with E-state index in [1.54, 1.807) is 55.4 Å². The van der Waals surface area contributed by atoms with E-state index in [9.17, 15) is 9.59 Å². The molecule has 0 spiro atoms. The maximum atomic E-state index is 12.7. The zero-order valence-corrected chi connectivity index (χ0v) is 16.3. The normalized spacial score (nSPS) is 10.9. The summed E-state index contributed by atoms with van der Waals surface area (Å²) in [5.74, 6) is 0.133. The molecule has 8 heteroatoms. The third-order valence-corrected chi connectivity index (χ3v) is 4.27. The number of hydrogen-bond acceptors (Lipinski definition) is 5. The number of rotatable bonds is 6. The second-order valence-electron chi connectivity index (χ2n) is 6.76. The highest BCUT2D eigenvalue weighted by molar-refractivity contribution is 6.00. The topological polar surface area (TPSA) is 89.3 Å². The highest BCUT2D eigenvalue weighted by Crippen LogP contribution is 2.18. The lowest BCUT2D eigenvalue weighted by Gasteiger charge is -2.17. The Kier molecular flexibility index (Phi) is 5.58. The van der Waals surface area contributed by atoms with Crippen molar-refractivity contribution in [3.63, 3.8) is 0 Å². The minimum Gasteiger partial charge on any atom is -0.497 e. The van der Waals surface area contributed by atoms with Crippen molar-refractivity contribution < 1.29 is 14.3 Å². The van der Waals surface area contributed by atoms with Gasteiger partial charge in [0, 0.05) is 30.4 Å². The summed E-state index contributed by atoms with van der Waals surface area (Å²) in [7, 11) is 3.16. The van der Waals surface area contributed by atoms with Crippen molar-refractivity contribution in [2.45, 2.75) is 19.9 Å². The number of hydrogen-bond donors (Lipinski definition) is 1. The highest BCUT2D eigenvalue weighted by Gasteiger charge is 2.17. The van der Waals surface area contributed by atoms with Crippen molar-refractivity contribution in [2.24, 2.45) is 0 Å². The van der Waals surface area contributed by atoms with Gasteiger partial charge in [-0.05, 0) is 44.2 Å². The molecule has 1 aromatic carbocycles. The lowest BCUT2D eigenvalue weighted by Crippen LogP contribution is -2.35. The van der Waals surface area contributed by atoms with Crippen molar-refractivity contribution >= 4 is 28.5 Å². The number of methoxy groups -OCH3 is 1. The molecule has 2 heterocycles. The van der Waals surface area contributed by atoms with Crippen LogP contribution in [0.3, 0.4) is 0 Å². The predicted octanol–water partition coefficient (Wildman–Crippen LogP) is 2.73. The minimum atomic E-state index is -0.289. The molecule has 0 saturated heterocycles. The maximum absolute atomic E-state index is 12.7. The number of ether oxygens (including phenoxy) is 1. The fourth-order valence-electron chi connectivity index (χ4n) is 2.82. The third kappa shape index (κ3) is 4.11. The molecule has 0 unspecified atom stereocenters. The van der Waals surface area contributed by atoms with Gasteiger partial charge in [-0.2, -0.15) is 5.10 Å². The van der Waals surface area contributed by atoms with Crippen molar-refractivity contribution in [3.05, 3.63) is 48.3 Å². The SMILES string of the molecule is COc1ccc(NC(=O)CN(C)C(=O)c2cnc3c(cnn3C(C)C)c2)cc1. The van der Waals surface area contributed by atoms with Crippen LogP contribution in [-0.2, 0) is 4.79 Å². The molecule has 8 nitrogen and oxygen atoms in total. The maximum Gasteiger partial charge on any atom is 0.255 e. The number of amides is 2. The molecule has 0 aliphatic heterocycles. The summed E-state index contributed by atoms with van der Waals surface area (Å²) in [6.07, 6.45) is 3.21. The van der Waals surface area contributed by atoms with Crippen LogP contribution in [0.25, 0.3) is 11.0 Å². The second kappa shape index (κ2) is 8.08. The monoisotopic (exact) mass is 381 g/mol. The van der Waals surface area contributed by atoms with Crippen LogP contribution in [0.5, 0.6) is 5.75 Å². The first-order chi connectivity index (χ1) is 13.4. The number of benzene rings is 1. The molecule has 3 aromatic rings. The Labute approximate surface area is 163 Å². The molecule has 1 N–H and O–H groups in total. The molecule has 0 fully saturated rings. The molecule has 0 bridgehead atoms. The molecule has 0 aliphatic rings. The summed E-state index contributed by atoms with van der Waals surface area (Å²) < 4.78 is 6.89. The first-order valence-corrected chi connectivity index (χ1v) is 8.91.